The van der Waals surface area contributed by atoms with Crippen LogP contribution in [0.25, 0.3) is 0 Å². The van der Waals surface area contributed by atoms with Crippen LogP contribution in [-0.2, 0) is 23.4 Å². The van der Waals surface area contributed by atoms with Gasteiger partial charge in [0.2, 0.25) is 0 Å². The monoisotopic (exact) mass is 943 g/mol. The fourth-order valence-corrected chi connectivity index (χ4v) is 9.69. The van der Waals surface area contributed by atoms with Gasteiger partial charge in [-0.25, -0.2) is 4.57 Å². The highest BCUT2D eigenvalue weighted by atomic mass is 31.2. The van der Waals surface area contributed by atoms with E-state index in [2.05, 4.69) is 18.4 Å². The lowest BCUT2D eigenvalue weighted by Crippen LogP contribution is -2.28. The smallest absolute Gasteiger partial charge is 0.457 e. The van der Waals surface area contributed by atoms with E-state index in [0.717, 1.165) is 32.1 Å². The van der Waals surface area contributed by atoms with E-state index in [0.29, 0.717) is 13.0 Å². The summed E-state index contributed by atoms with van der Waals surface area (Å²) in [4.78, 5) is 30.8. The number of esters is 1. The molecule has 0 aromatic heterocycles. The quantitative estimate of drug-likeness (QED) is 0.0356. The molecule has 8 heteroatoms. The standard InChI is InChI=1S/C57H115O7P/c1-3-5-7-9-11-13-15-17-19-21-22-23-24-25-26-27-28-29-30-31-32-33-34-35-36-37-38-40-42-44-46-48-50-52-57(58)64-56(55-63-65(59,60)61)54-62-53-51-49-47-45-43-41-39-20-18-16-14-12-10-8-6-4-2/h56H,3-55H2,1-2H3,(H2,59,60,61)/t56-/m1/s1. The van der Waals surface area contributed by atoms with Crippen LogP contribution in [0.3, 0.4) is 0 Å². The first kappa shape index (κ1) is 64.5. The Bertz CT molecular complexity index is 958. The Morgan fingerprint density at radius 2 is 0.585 bits per heavy atom. The summed E-state index contributed by atoms with van der Waals surface area (Å²) in [6.07, 6.45) is 65.9. The molecule has 0 aromatic rings. The second-order valence-electron chi connectivity index (χ2n) is 20.3. The molecule has 0 fully saturated rings. The van der Waals surface area contributed by atoms with Gasteiger partial charge in [0.15, 0.2) is 0 Å². The number of phosphoric ester groups is 1. The minimum Gasteiger partial charge on any atom is -0.457 e. The fraction of sp³-hybridized carbons (Fsp3) is 0.982. The van der Waals surface area contributed by atoms with Gasteiger partial charge in [-0.2, -0.15) is 0 Å². The van der Waals surface area contributed by atoms with Gasteiger partial charge in [-0.05, 0) is 12.8 Å². The van der Waals surface area contributed by atoms with E-state index in [1.807, 2.05) is 0 Å². The van der Waals surface area contributed by atoms with Gasteiger partial charge in [0, 0.05) is 13.0 Å². The molecule has 0 unspecified atom stereocenters. The minimum absolute atomic E-state index is 0.0874. The highest BCUT2D eigenvalue weighted by Gasteiger charge is 2.21. The lowest BCUT2D eigenvalue weighted by atomic mass is 10.0. The van der Waals surface area contributed by atoms with Crippen molar-refractivity contribution in [2.45, 2.75) is 341 Å². The van der Waals surface area contributed by atoms with Crippen LogP contribution in [-0.4, -0.2) is 41.7 Å². The summed E-state index contributed by atoms with van der Waals surface area (Å²) in [7, 11) is -4.65. The molecule has 0 spiro atoms. The Morgan fingerprint density at radius 1 is 0.354 bits per heavy atom. The van der Waals surface area contributed by atoms with E-state index in [9.17, 15) is 9.36 Å². The Kier molecular flexibility index (Phi) is 54.1. The van der Waals surface area contributed by atoms with Gasteiger partial charge >= 0.3 is 13.8 Å². The Labute approximate surface area is 406 Å². The lowest BCUT2D eigenvalue weighted by Gasteiger charge is -2.18. The predicted octanol–water partition coefficient (Wildman–Crippen LogP) is 19.6. The third-order valence-corrected chi connectivity index (χ3v) is 14.1. The normalized spacial score (nSPS) is 12.4. The first-order valence-electron chi connectivity index (χ1n) is 29.4. The summed E-state index contributed by atoms with van der Waals surface area (Å²) >= 11 is 0. The highest BCUT2D eigenvalue weighted by Crippen LogP contribution is 2.36. The van der Waals surface area contributed by atoms with E-state index >= 15 is 0 Å². The van der Waals surface area contributed by atoms with Crippen LogP contribution in [0.1, 0.15) is 335 Å². The molecule has 0 bridgehead atoms. The van der Waals surface area contributed by atoms with Crippen molar-refractivity contribution >= 4 is 13.8 Å². The van der Waals surface area contributed by atoms with E-state index < -0.39 is 13.9 Å². The molecule has 2 N–H and O–H groups in total. The second-order valence-corrected chi connectivity index (χ2v) is 21.6. The molecule has 7 nitrogen and oxygen atoms in total. The van der Waals surface area contributed by atoms with Crippen molar-refractivity contribution in [3.05, 3.63) is 0 Å². The van der Waals surface area contributed by atoms with Crippen molar-refractivity contribution in [1.82, 2.24) is 0 Å². The lowest BCUT2D eigenvalue weighted by molar-refractivity contribution is -0.154. The number of ether oxygens (including phenoxy) is 2. The zero-order chi connectivity index (χ0) is 47.3. The van der Waals surface area contributed by atoms with Crippen LogP contribution in [0, 0.1) is 0 Å². The first-order valence-corrected chi connectivity index (χ1v) is 30.9. The van der Waals surface area contributed by atoms with E-state index in [1.54, 1.807) is 0 Å². The minimum atomic E-state index is -4.65. The number of carbonyl (C=O) groups excluding carboxylic acids is 1. The summed E-state index contributed by atoms with van der Waals surface area (Å²) < 4.78 is 27.2. The molecule has 0 aliphatic carbocycles. The number of unbranched alkanes of at least 4 members (excludes halogenated alkanes) is 47. The first-order chi connectivity index (χ1) is 31.9. The number of phosphoric acid groups is 1. The third kappa shape index (κ3) is 57.8. The van der Waals surface area contributed by atoms with Crippen molar-refractivity contribution in [1.29, 1.82) is 0 Å². The Hall–Kier alpha value is -0.460. The number of hydrogen-bond acceptors (Lipinski definition) is 5. The molecule has 0 saturated carbocycles. The van der Waals surface area contributed by atoms with Gasteiger partial charge in [0.25, 0.3) is 0 Å². The molecule has 0 amide bonds. The van der Waals surface area contributed by atoms with Gasteiger partial charge in [-0.3, -0.25) is 9.32 Å². The van der Waals surface area contributed by atoms with E-state index in [1.165, 1.54) is 283 Å². The summed E-state index contributed by atoms with van der Waals surface area (Å²) in [6.45, 7) is 4.84. The van der Waals surface area contributed by atoms with Gasteiger partial charge in [-0.15, -0.1) is 0 Å². The van der Waals surface area contributed by atoms with Crippen molar-refractivity contribution < 1.29 is 33.1 Å². The van der Waals surface area contributed by atoms with Gasteiger partial charge in [0.1, 0.15) is 6.10 Å². The zero-order valence-corrected chi connectivity index (χ0v) is 44.8. The van der Waals surface area contributed by atoms with Crippen LogP contribution in [0.4, 0.5) is 0 Å². The van der Waals surface area contributed by atoms with Crippen molar-refractivity contribution in [3.8, 4) is 0 Å². The molecule has 0 heterocycles. The van der Waals surface area contributed by atoms with Crippen molar-refractivity contribution in [3.63, 3.8) is 0 Å². The van der Waals surface area contributed by atoms with Crippen LogP contribution < -0.4 is 0 Å². The molecule has 390 valence electrons. The van der Waals surface area contributed by atoms with Gasteiger partial charge in [0.05, 0.1) is 13.2 Å². The number of hydrogen-bond donors (Lipinski definition) is 2. The maximum absolute atomic E-state index is 12.5. The molecular weight excluding hydrogens is 828 g/mol. The number of rotatable bonds is 57. The highest BCUT2D eigenvalue weighted by molar-refractivity contribution is 7.46. The molecule has 0 saturated heterocycles. The van der Waals surface area contributed by atoms with E-state index in [4.69, 9.17) is 19.3 Å². The largest absolute Gasteiger partial charge is 0.469 e. The Morgan fingerprint density at radius 3 is 0.831 bits per heavy atom. The molecule has 0 radical (unpaired) electrons. The molecule has 1 atom stereocenters. The van der Waals surface area contributed by atoms with Crippen LogP contribution >= 0.6 is 7.82 Å². The van der Waals surface area contributed by atoms with Crippen LogP contribution in [0.2, 0.25) is 0 Å². The topological polar surface area (TPSA) is 102 Å². The van der Waals surface area contributed by atoms with Crippen molar-refractivity contribution in [2.24, 2.45) is 0 Å². The molecule has 65 heavy (non-hydrogen) atoms. The maximum Gasteiger partial charge on any atom is 0.469 e. The average molecular weight is 944 g/mol. The summed E-state index contributed by atoms with van der Waals surface area (Å²) in [5, 5.41) is 0. The molecule has 0 rings (SSSR count). The summed E-state index contributed by atoms with van der Waals surface area (Å²) in [5.41, 5.74) is 0. The fourth-order valence-electron chi connectivity index (χ4n) is 9.33. The maximum atomic E-state index is 12.5. The van der Waals surface area contributed by atoms with Crippen LogP contribution in [0.15, 0.2) is 0 Å². The van der Waals surface area contributed by atoms with Gasteiger partial charge < -0.3 is 19.3 Å². The second kappa shape index (κ2) is 54.5. The molecule has 0 aliphatic heterocycles. The molecular formula is C57H115O7P. The number of carbonyl (C=O) groups is 1. The molecule has 0 aliphatic rings. The van der Waals surface area contributed by atoms with Crippen LogP contribution in [0.5, 0.6) is 0 Å². The van der Waals surface area contributed by atoms with Gasteiger partial charge in [-0.1, -0.05) is 316 Å². The van der Waals surface area contributed by atoms with E-state index in [-0.39, 0.29) is 19.2 Å². The summed E-state index contributed by atoms with van der Waals surface area (Å²) in [6, 6.07) is 0. The summed E-state index contributed by atoms with van der Waals surface area (Å²) in [5.74, 6) is -0.351. The third-order valence-electron chi connectivity index (χ3n) is 13.7. The predicted molar refractivity (Wildman–Crippen MR) is 281 cm³/mol. The average Bonchev–Trinajstić information content (AvgIpc) is 3.29. The Balaban J connectivity index is 3.54. The molecule has 0 aromatic carbocycles. The van der Waals surface area contributed by atoms with Crippen molar-refractivity contribution in [2.75, 3.05) is 19.8 Å². The SMILES string of the molecule is CCCCCCCCCCCCCCCCCCCCCCCCCCCCCCCCCCCC(=O)O[C@H](COCCCCCCCCCCCCCCCCCC)COP(=O)(O)O. The zero-order valence-electron chi connectivity index (χ0n) is 43.9.